The minimum Gasteiger partial charge on any atom is -0.407 e. The van der Waals surface area contributed by atoms with E-state index in [4.69, 9.17) is 27.6 Å². The van der Waals surface area contributed by atoms with Gasteiger partial charge >= 0.3 is 5.63 Å². The SMILES string of the molecule is CSC(Cc1ccc(Cl)cc1)c1nc2ccc(Cl)cc2c(=O)o1. The van der Waals surface area contributed by atoms with Crippen LogP contribution in [0.5, 0.6) is 0 Å². The standard InChI is InChI=1S/C17H13Cl2NO2S/c1-23-15(8-10-2-4-11(18)5-3-10)16-20-14-7-6-12(19)9-13(14)17(21)22-16/h2-7,9,15H,8H2,1H3. The van der Waals surface area contributed by atoms with Gasteiger partial charge in [0.05, 0.1) is 16.2 Å². The fourth-order valence-corrected chi connectivity index (χ4v) is 3.26. The maximum Gasteiger partial charge on any atom is 0.346 e. The van der Waals surface area contributed by atoms with E-state index < -0.39 is 5.63 Å². The van der Waals surface area contributed by atoms with Crippen molar-refractivity contribution >= 4 is 45.9 Å². The van der Waals surface area contributed by atoms with Crippen LogP contribution in [-0.4, -0.2) is 11.2 Å². The summed E-state index contributed by atoms with van der Waals surface area (Å²) in [5.41, 5.74) is 1.29. The predicted molar refractivity (Wildman–Crippen MR) is 96.7 cm³/mol. The number of fused-ring (bicyclic) bond motifs is 1. The highest BCUT2D eigenvalue weighted by molar-refractivity contribution is 7.98. The Bertz CT molecular complexity index is 893. The van der Waals surface area contributed by atoms with Crippen LogP contribution in [0.15, 0.2) is 51.7 Å². The molecule has 6 heteroatoms. The number of nitrogens with zero attached hydrogens (tertiary/aromatic N) is 1. The molecule has 1 heterocycles. The van der Waals surface area contributed by atoms with Gasteiger partial charge in [-0.1, -0.05) is 35.3 Å². The fraction of sp³-hybridized carbons (Fsp3) is 0.176. The van der Waals surface area contributed by atoms with Crippen molar-refractivity contribution in [1.29, 1.82) is 0 Å². The second kappa shape index (κ2) is 6.95. The Kier molecular flexibility index (Phi) is 4.95. The first-order valence-electron chi connectivity index (χ1n) is 6.94. The van der Waals surface area contributed by atoms with E-state index in [1.54, 1.807) is 30.0 Å². The summed E-state index contributed by atoms with van der Waals surface area (Å²) in [4.78, 5) is 16.7. The topological polar surface area (TPSA) is 43.1 Å². The third kappa shape index (κ3) is 3.71. The second-order valence-corrected chi connectivity index (χ2v) is 6.97. The number of hydrogen-bond donors (Lipinski definition) is 0. The molecule has 0 saturated carbocycles. The van der Waals surface area contributed by atoms with Crippen molar-refractivity contribution in [2.45, 2.75) is 11.7 Å². The number of benzene rings is 2. The Morgan fingerprint density at radius 1 is 1.13 bits per heavy atom. The molecule has 1 unspecified atom stereocenters. The molecule has 1 aromatic heterocycles. The first-order valence-corrected chi connectivity index (χ1v) is 8.99. The molecule has 3 nitrogen and oxygen atoms in total. The molecule has 0 spiro atoms. The zero-order valence-electron chi connectivity index (χ0n) is 12.3. The van der Waals surface area contributed by atoms with Crippen LogP contribution in [0.1, 0.15) is 16.7 Å². The summed E-state index contributed by atoms with van der Waals surface area (Å²) in [5.74, 6) is 0.423. The van der Waals surface area contributed by atoms with Crippen molar-refractivity contribution in [3.63, 3.8) is 0 Å². The normalized spacial score (nSPS) is 12.5. The van der Waals surface area contributed by atoms with E-state index in [0.717, 1.165) is 5.56 Å². The Morgan fingerprint density at radius 3 is 2.52 bits per heavy atom. The van der Waals surface area contributed by atoms with Gasteiger partial charge in [0, 0.05) is 10.0 Å². The van der Waals surface area contributed by atoms with Gasteiger partial charge in [0.25, 0.3) is 0 Å². The predicted octanol–water partition coefficient (Wildman–Crippen LogP) is 5.14. The fourth-order valence-electron chi connectivity index (χ4n) is 2.30. The van der Waals surface area contributed by atoms with Crippen molar-refractivity contribution in [1.82, 2.24) is 4.98 Å². The molecule has 0 bridgehead atoms. The van der Waals surface area contributed by atoms with Gasteiger partial charge < -0.3 is 4.42 Å². The molecule has 2 aromatic carbocycles. The van der Waals surface area contributed by atoms with Crippen LogP contribution in [0.25, 0.3) is 10.9 Å². The Balaban J connectivity index is 1.97. The molecule has 0 aliphatic heterocycles. The van der Waals surface area contributed by atoms with E-state index in [2.05, 4.69) is 4.98 Å². The molecule has 0 N–H and O–H groups in total. The highest BCUT2D eigenvalue weighted by atomic mass is 35.5. The molecule has 0 fully saturated rings. The van der Waals surface area contributed by atoms with Gasteiger partial charge in [-0.2, -0.15) is 11.8 Å². The Labute approximate surface area is 147 Å². The van der Waals surface area contributed by atoms with E-state index in [9.17, 15) is 4.79 Å². The molecule has 3 rings (SSSR count). The first-order chi connectivity index (χ1) is 11.1. The van der Waals surface area contributed by atoms with Crippen LogP contribution in [0.2, 0.25) is 10.0 Å². The molecule has 0 aliphatic carbocycles. The van der Waals surface area contributed by atoms with E-state index in [-0.39, 0.29) is 5.25 Å². The van der Waals surface area contributed by atoms with Gasteiger partial charge in [0.2, 0.25) is 5.89 Å². The smallest absolute Gasteiger partial charge is 0.346 e. The summed E-state index contributed by atoms with van der Waals surface area (Å²) in [7, 11) is 0. The number of hydrogen-bond acceptors (Lipinski definition) is 4. The molecular weight excluding hydrogens is 353 g/mol. The molecule has 23 heavy (non-hydrogen) atoms. The van der Waals surface area contributed by atoms with Crippen LogP contribution in [-0.2, 0) is 6.42 Å². The largest absolute Gasteiger partial charge is 0.407 e. The molecule has 3 aromatic rings. The molecule has 0 aliphatic rings. The lowest BCUT2D eigenvalue weighted by Gasteiger charge is -2.13. The number of aromatic nitrogens is 1. The molecule has 118 valence electrons. The molecule has 0 amide bonds. The van der Waals surface area contributed by atoms with Crippen LogP contribution in [0.3, 0.4) is 0 Å². The average molecular weight is 366 g/mol. The Morgan fingerprint density at radius 2 is 1.83 bits per heavy atom. The van der Waals surface area contributed by atoms with Gasteiger partial charge in [0.15, 0.2) is 0 Å². The zero-order valence-corrected chi connectivity index (χ0v) is 14.6. The summed E-state index contributed by atoms with van der Waals surface area (Å²) in [5, 5.41) is 1.53. The average Bonchev–Trinajstić information content (AvgIpc) is 2.55. The van der Waals surface area contributed by atoms with Crippen molar-refractivity contribution in [3.8, 4) is 0 Å². The van der Waals surface area contributed by atoms with Gasteiger partial charge in [-0.15, -0.1) is 0 Å². The van der Waals surface area contributed by atoms with Crippen LogP contribution in [0, 0.1) is 0 Å². The van der Waals surface area contributed by atoms with Crippen molar-refractivity contribution in [3.05, 3.63) is 74.4 Å². The number of halogens is 2. The van der Waals surface area contributed by atoms with E-state index >= 15 is 0 Å². The third-order valence-corrected chi connectivity index (χ3v) is 4.93. The molecular formula is C17H13Cl2NO2S. The lowest BCUT2D eigenvalue weighted by atomic mass is 10.1. The van der Waals surface area contributed by atoms with E-state index in [1.807, 2.05) is 30.5 Å². The van der Waals surface area contributed by atoms with Gasteiger partial charge in [-0.05, 0) is 48.6 Å². The summed E-state index contributed by atoms with van der Waals surface area (Å²) in [6, 6.07) is 12.6. The van der Waals surface area contributed by atoms with Crippen molar-refractivity contribution < 1.29 is 4.42 Å². The number of thioether (sulfide) groups is 1. The lowest BCUT2D eigenvalue weighted by molar-refractivity contribution is 0.440. The Hall–Kier alpha value is -1.49. The highest BCUT2D eigenvalue weighted by Gasteiger charge is 2.18. The lowest BCUT2D eigenvalue weighted by Crippen LogP contribution is -2.09. The summed E-state index contributed by atoms with van der Waals surface area (Å²) >= 11 is 13.4. The van der Waals surface area contributed by atoms with Crippen LogP contribution >= 0.6 is 35.0 Å². The first kappa shape index (κ1) is 16.4. The van der Waals surface area contributed by atoms with Crippen molar-refractivity contribution in [2.75, 3.05) is 6.26 Å². The van der Waals surface area contributed by atoms with Gasteiger partial charge in [-0.3, -0.25) is 0 Å². The maximum atomic E-state index is 12.2. The summed E-state index contributed by atoms with van der Waals surface area (Å²) in [6.07, 6.45) is 2.67. The minimum absolute atomic E-state index is 0.0519. The van der Waals surface area contributed by atoms with E-state index in [1.165, 1.54) is 0 Å². The van der Waals surface area contributed by atoms with Crippen molar-refractivity contribution in [2.24, 2.45) is 0 Å². The maximum absolute atomic E-state index is 12.2. The van der Waals surface area contributed by atoms with Crippen LogP contribution in [0.4, 0.5) is 0 Å². The van der Waals surface area contributed by atoms with E-state index in [0.29, 0.717) is 33.3 Å². The van der Waals surface area contributed by atoms with Crippen LogP contribution < -0.4 is 5.63 Å². The minimum atomic E-state index is -0.414. The van der Waals surface area contributed by atoms with Gasteiger partial charge in [-0.25, -0.2) is 9.78 Å². The third-order valence-electron chi connectivity index (χ3n) is 3.50. The summed E-state index contributed by atoms with van der Waals surface area (Å²) < 4.78 is 5.42. The summed E-state index contributed by atoms with van der Waals surface area (Å²) in [6.45, 7) is 0. The molecule has 0 saturated heterocycles. The monoisotopic (exact) mass is 365 g/mol. The second-order valence-electron chi connectivity index (χ2n) is 5.06. The number of rotatable bonds is 4. The molecule has 0 radical (unpaired) electrons. The highest BCUT2D eigenvalue weighted by Crippen LogP contribution is 2.30. The quantitative estimate of drug-likeness (QED) is 0.641. The zero-order chi connectivity index (χ0) is 16.4. The molecule has 1 atom stereocenters. The van der Waals surface area contributed by atoms with Gasteiger partial charge in [0.1, 0.15) is 0 Å².